The van der Waals surface area contributed by atoms with Crippen molar-refractivity contribution in [3.05, 3.63) is 35.9 Å². The molecule has 1 atom stereocenters. The molecule has 0 aromatic carbocycles. The van der Waals surface area contributed by atoms with Crippen LogP contribution in [0.2, 0.25) is 0 Å². The lowest BCUT2D eigenvalue weighted by atomic mass is 10.2. The molecule has 122 valence electrons. The molecule has 5 heteroatoms. The molecular formula is C18H24N4O. The van der Waals surface area contributed by atoms with Gasteiger partial charge in [0.05, 0.1) is 11.6 Å². The van der Waals surface area contributed by atoms with Crippen molar-refractivity contribution in [2.75, 3.05) is 13.6 Å². The van der Waals surface area contributed by atoms with Gasteiger partial charge in [0.2, 0.25) is 0 Å². The first kappa shape index (κ1) is 14.7. The molecule has 1 unspecified atom stereocenters. The number of carbonyl (C=O) groups excluding carboxylic acids is 1. The second-order valence-electron chi connectivity index (χ2n) is 6.87. The Morgan fingerprint density at radius 1 is 1.22 bits per heavy atom. The standard InChI is InChI=1S/C18H24N4O/c1-21-11-6-10-15(21)17-20-16(14-9-4-5-12-22(14)17)18(23)19-13-7-2-3-8-13/h4-5,9,12-13,15H,2-3,6-8,10-11H2,1H3,(H,19,23). The summed E-state index contributed by atoms with van der Waals surface area (Å²) in [7, 11) is 2.14. The van der Waals surface area contributed by atoms with Gasteiger partial charge in [-0.2, -0.15) is 0 Å². The van der Waals surface area contributed by atoms with Crippen molar-refractivity contribution in [1.29, 1.82) is 0 Å². The fourth-order valence-corrected chi connectivity index (χ4v) is 4.02. The number of amides is 1. The molecule has 1 N–H and O–H groups in total. The van der Waals surface area contributed by atoms with Crippen molar-refractivity contribution in [1.82, 2.24) is 19.6 Å². The Balaban J connectivity index is 1.70. The first-order chi connectivity index (χ1) is 11.2. The van der Waals surface area contributed by atoms with Crippen LogP contribution in [0, 0.1) is 0 Å². The molecule has 4 rings (SSSR count). The zero-order valence-corrected chi connectivity index (χ0v) is 13.7. The number of rotatable bonds is 3. The van der Waals surface area contributed by atoms with Crippen molar-refractivity contribution in [2.24, 2.45) is 0 Å². The highest BCUT2D eigenvalue weighted by Crippen LogP contribution is 2.31. The van der Waals surface area contributed by atoms with E-state index in [0.29, 0.717) is 17.8 Å². The van der Waals surface area contributed by atoms with Gasteiger partial charge in [-0.25, -0.2) is 4.98 Å². The molecule has 0 bridgehead atoms. The van der Waals surface area contributed by atoms with E-state index >= 15 is 0 Å². The van der Waals surface area contributed by atoms with Gasteiger partial charge in [0.1, 0.15) is 5.82 Å². The van der Waals surface area contributed by atoms with Gasteiger partial charge in [-0.05, 0) is 51.4 Å². The molecule has 5 nitrogen and oxygen atoms in total. The van der Waals surface area contributed by atoms with Gasteiger partial charge in [-0.15, -0.1) is 0 Å². The molecule has 1 amide bonds. The average Bonchev–Trinajstić information content (AvgIpc) is 3.26. The fraction of sp³-hybridized carbons (Fsp3) is 0.556. The summed E-state index contributed by atoms with van der Waals surface area (Å²) in [4.78, 5) is 19.8. The number of hydrogen-bond donors (Lipinski definition) is 1. The molecular weight excluding hydrogens is 288 g/mol. The highest BCUT2D eigenvalue weighted by atomic mass is 16.2. The number of aromatic nitrogens is 2. The first-order valence-corrected chi connectivity index (χ1v) is 8.72. The molecule has 2 fully saturated rings. The minimum Gasteiger partial charge on any atom is -0.348 e. The predicted molar refractivity (Wildman–Crippen MR) is 89.5 cm³/mol. The van der Waals surface area contributed by atoms with Gasteiger partial charge in [0.25, 0.3) is 5.91 Å². The lowest BCUT2D eigenvalue weighted by Gasteiger charge is -2.17. The topological polar surface area (TPSA) is 49.6 Å². The van der Waals surface area contributed by atoms with Crippen LogP contribution in [0.5, 0.6) is 0 Å². The third kappa shape index (κ3) is 2.63. The number of nitrogens with one attached hydrogen (secondary N) is 1. The van der Waals surface area contributed by atoms with Crippen LogP contribution in [-0.2, 0) is 0 Å². The van der Waals surface area contributed by atoms with Crippen molar-refractivity contribution in [3.63, 3.8) is 0 Å². The smallest absolute Gasteiger partial charge is 0.272 e. The minimum atomic E-state index is -0.0208. The molecule has 3 heterocycles. The van der Waals surface area contributed by atoms with Gasteiger partial charge in [0, 0.05) is 12.2 Å². The van der Waals surface area contributed by atoms with E-state index in [9.17, 15) is 4.79 Å². The van der Waals surface area contributed by atoms with E-state index in [1.807, 2.05) is 24.4 Å². The summed E-state index contributed by atoms with van der Waals surface area (Å²) < 4.78 is 2.09. The Hall–Kier alpha value is -1.88. The predicted octanol–water partition coefficient (Wildman–Crippen LogP) is 2.77. The summed E-state index contributed by atoms with van der Waals surface area (Å²) >= 11 is 0. The maximum Gasteiger partial charge on any atom is 0.272 e. The van der Waals surface area contributed by atoms with Crippen LogP contribution < -0.4 is 5.32 Å². The summed E-state index contributed by atoms with van der Waals surface area (Å²) in [6.45, 7) is 1.09. The zero-order chi connectivity index (χ0) is 15.8. The molecule has 1 aliphatic heterocycles. The molecule has 0 radical (unpaired) electrons. The van der Waals surface area contributed by atoms with Crippen molar-refractivity contribution in [2.45, 2.75) is 50.6 Å². The lowest BCUT2D eigenvalue weighted by molar-refractivity contribution is 0.0934. The number of carbonyl (C=O) groups is 1. The molecule has 2 aromatic rings. The number of fused-ring (bicyclic) bond motifs is 1. The van der Waals surface area contributed by atoms with Crippen LogP contribution in [0.3, 0.4) is 0 Å². The summed E-state index contributed by atoms with van der Waals surface area (Å²) in [5.41, 5.74) is 1.49. The molecule has 23 heavy (non-hydrogen) atoms. The van der Waals surface area contributed by atoms with Crippen molar-refractivity contribution >= 4 is 11.4 Å². The van der Waals surface area contributed by atoms with E-state index in [2.05, 4.69) is 21.7 Å². The van der Waals surface area contributed by atoms with E-state index in [4.69, 9.17) is 4.98 Å². The monoisotopic (exact) mass is 312 g/mol. The highest BCUT2D eigenvalue weighted by Gasteiger charge is 2.29. The number of pyridine rings is 1. The summed E-state index contributed by atoms with van der Waals surface area (Å²) in [6, 6.07) is 6.60. The van der Waals surface area contributed by atoms with E-state index in [-0.39, 0.29) is 5.91 Å². The summed E-state index contributed by atoms with van der Waals surface area (Å²) in [6.07, 6.45) is 8.93. The molecule has 2 aliphatic rings. The Morgan fingerprint density at radius 2 is 2.04 bits per heavy atom. The Kier molecular flexibility index (Phi) is 3.81. The SMILES string of the molecule is CN1CCCC1c1nc(C(=O)NC2CCCC2)c2ccccn12. The maximum atomic E-state index is 12.7. The van der Waals surface area contributed by atoms with Crippen LogP contribution in [0.1, 0.15) is 60.9 Å². The summed E-state index contributed by atoms with van der Waals surface area (Å²) in [5, 5.41) is 3.17. The second-order valence-corrected chi connectivity index (χ2v) is 6.87. The lowest BCUT2D eigenvalue weighted by Crippen LogP contribution is -2.33. The van der Waals surface area contributed by atoms with E-state index in [1.54, 1.807) is 0 Å². The van der Waals surface area contributed by atoms with Gasteiger partial charge >= 0.3 is 0 Å². The summed E-state index contributed by atoms with van der Waals surface area (Å²) in [5.74, 6) is 0.977. The zero-order valence-electron chi connectivity index (χ0n) is 13.7. The Bertz CT molecular complexity index is 717. The van der Waals surface area contributed by atoms with Crippen LogP contribution >= 0.6 is 0 Å². The molecule has 1 aliphatic carbocycles. The highest BCUT2D eigenvalue weighted by molar-refractivity contribution is 5.99. The Labute approximate surface area is 136 Å². The number of imidazole rings is 1. The van der Waals surface area contributed by atoms with Crippen LogP contribution in [0.4, 0.5) is 0 Å². The van der Waals surface area contributed by atoms with Gasteiger partial charge in [-0.3, -0.25) is 9.69 Å². The maximum absolute atomic E-state index is 12.7. The van der Waals surface area contributed by atoms with Crippen molar-refractivity contribution < 1.29 is 4.79 Å². The van der Waals surface area contributed by atoms with E-state index < -0.39 is 0 Å². The molecule has 1 saturated heterocycles. The Morgan fingerprint density at radius 3 is 2.78 bits per heavy atom. The average molecular weight is 312 g/mol. The number of likely N-dealkylation sites (tertiary alicyclic amines) is 1. The van der Waals surface area contributed by atoms with Crippen LogP contribution in [0.15, 0.2) is 24.4 Å². The van der Waals surface area contributed by atoms with Crippen LogP contribution in [0.25, 0.3) is 5.52 Å². The minimum absolute atomic E-state index is 0.0208. The van der Waals surface area contributed by atoms with Crippen molar-refractivity contribution in [3.8, 4) is 0 Å². The third-order valence-corrected chi connectivity index (χ3v) is 5.30. The molecule has 1 saturated carbocycles. The van der Waals surface area contributed by atoms with E-state index in [0.717, 1.165) is 37.1 Å². The second kappa shape index (κ2) is 5.96. The van der Waals surface area contributed by atoms with Gasteiger partial charge < -0.3 is 9.72 Å². The number of nitrogens with zero attached hydrogens (tertiary/aromatic N) is 3. The number of hydrogen-bond acceptors (Lipinski definition) is 3. The molecule has 0 spiro atoms. The van der Waals surface area contributed by atoms with E-state index in [1.165, 1.54) is 19.3 Å². The molecule has 2 aromatic heterocycles. The first-order valence-electron chi connectivity index (χ1n) is 8.72. The van der Waals surface area contributed by atoms with Gasteiger partial charge in [-0.1, -0.05) is 18.9 Å². The van der Waals surface area contributed by atoms with Gasteiger partial charge in [0.15, 0.2) is 5.69 Å². The quantitative estimate of drug-likeness (QED) is 0.948. The largest absolute Gasteiger partial charge is 0.348 e. The fourth-order valence-electron chi connectivity index (χ4n) is 4.02. The normalized spacial score (nSPS) is 22.9. The van der Waals surface area contributed by atoms with Crippen LogP contribution in [-0.4, -0.2) is 39.8 Å². The third-order valence-electron chi connectivity index (χ3n) is 5.30.